The van der Waals surface area contributed by atoms with Crippen LogP contribution in [0.2, 0.25) is 0 Å². The number of hydrogen-bond acceptors (Lipinski definition) is 9. The second kappa shape index (κ2) is 18.9. The first kappa shape index (κ1) is 40.8. The maximum Gasteiger partial charge on any atom is 0.333 e. The van der Waals surface area contributed by atoms with Crippen LogP contribution in [0.25, 0.3) is 0 Å². The van der Waals surface area contributed by atoms with Crippen molar-refractivity contribution in [2.45, 2.75) is 50.9 Å². The van der Waals surface area contributed by atoms with Gasteiger partial charge in [0.1, 0.15) is 24.6 Å². The molecular weight excluding hydrogens is 760 g/mol. The van der Waals surface area contributed by atoms with Crippen molar-refractivity contribution in [3.63, 3.8) is 0 Å². The largest absolute Gasteiger partial charge is 0.493 e. The lowest BCUT2D eigenvalue weighted by atomic mass is 9.86. The molecule has 7 rings (SSSR count). The molecule has 3 fully saturated rings. The number of amides is 1. The predicted molar refractivity (Wildman–Crippen MR) is 213 cm³/mol. The summed E-state index contributed by atoms with van der Waals surface area (Å²) in [5.41, 5.74) is 1.90. The van der Waals surface area contributed by atoms with Gasteiger partial charge in [0.25, 0.3) is 5.91 Å². The second-order valence-corrected chi connectivity index (χ2v) is 14.9. The number of methoxy groups -OCH3 is 2. The molecule has 3 aliphatic heterocycles. The molecule has 0 radical (unpaired) electrons. The first-order valence-corrected chi connectivity index (χ1v) is 19.5. The minimum absolute atomic E-state index is 0.0916. The topological polar surface area (TPSA) is 115 Å². The molecule has 4 atom stereocenters. The number of ether oxygens (including phenoxy) is 4. The number of nitrogens with one attached hydrogen (secondary N) is 2. The van der Waals surface area contributed by atoms with Gasteiger partial charge in [0.2, 0.25) is 0 Å². The van der Waals surface area contributed by atoms with Crippen molar-refractivity contribution < 1.29 is 37.7 Å². The molecule has 4 unspecified atom stereocenters. The first-order chi connectivity index (χ1) is 27.1. The highest BCUT2D eigenvalue weighted by Gasteiger charge is 2.38. The highest BCUT2D eigenvalue weighted by Crippen LogP contribution is 2.39. The zero-order valence-electron chi connectivity index (χ0n) is 31.6. The Morgan fingerprint density at radius 2 is 1.73 bits per heavy atom. The maximum absolute atomic E-state index is 15.1. The molecule has 10 nitrogen and oxygen atoms in total. The Balaban J connectivity index is 1.15. The molecule has 3 aromatic rings. The van der Waals surface area contributed by atoms with Gasteiger partial charge in [-0.15, -0.1) is 0 Å². The Morgan fingerprint density at radius 3 is 2.43 bits per heavy atom. The smallest absolute Gasteiger partial charge is 0.333 e. The number of rotatable bonds is 15. The summed E-state index contributed by atoms with van der Waals surface area (Å²) in [6.45, 7) is 4.20. The number of anilines is 1. The normalized spacial score (nSPS) is 21.3. The van der Waals surface area contributed by atoms with E-state index in [1.807, 2.05) is 19.1 Å². The van der Waals surface area contributed by atoms with Crippen LogP contribution in [0.5, 0.6) is 11.5 Å². The number of nitrogens with zero attached hydrogens (tertiary/aromatic N) is 1. The van der Waals surface area contributed by atoms with Crippen molar-refractivity contribution in [3.8, 4) is 11.5 Å². The summed E-state index contributed by atoms with van der Waals surface area (Å²) < 4.78 is 38.0. The van der Waals surface area contributed by atoms with Gasteiger partial charge >= 0.3 is 11.9 Å². The van der Waals surface area contributed by atoms with E-state index in [1.54, 1.807) is 54.6 Å². The van der Waals surface area contributed by atoms with Crippen LogP contribution in [0.3, 0.4) is 0 Å². The van der Waals surface area contributed by atoms with E-state index in [1.165, 1.54) is 32.4 Å². The van der Waals surface area contributed by atoms with Crippen LogP contribution in [-0.4, -0.2) is 69.2 Å². The zero-order valence-corrected chi connectivity index (χ0v) is 33.1. The summed E-state index contributed by atoms with van der Waals surface area (Å²) in [5, 5.41) is 6.60. The number of halogens is 3. The second-order valence-electron chi connectivity index (χ2n) is 14.0. The minimum atomic E-state index is -1.17. The fraction of sp³-hybridized carbons (Fsp3) is 0.372. The molecule has 296 valence electrons. The Bertz CT molecular complexity index is 2010. The third-order valence-electron chi connectivity index (χ3n) is 10.5. The standard InChI is InChI=1S/C43H46Cl2FN3O7/c1-4-26-12-14-33(44)32(34(45)20-26)23-37(28-13-15-36(53-2)38(22-28)54-3)55-40(50)24-47-42(51)29-8-7-9-30(21-29)48-41(31-10-5-6-11-35(31)46)43(52)56-39-25-49-18-16-27(39)17-19-49/h5-15,20-22,26-27,37,39,41,48H,4,16-19,23-25H2,1-3H3,(H,47,51). The molecule has 0 saturated carbocycles. The number of benzene rings is 3. The van der Waals surface area contributed by atoms with E-state index >= 15 is 4.39 Å². The Kier molecular flexibility index (Phi) is 13.7. The molecule has 0 aromatic heterocycles. The van der Waals surface area contributed by atoms with Crippen LogP contribution in [0.15, 0.2) is 101 Å². The molecule has 1 aliphatic carbocycles. The lowest BCUT2D eigenvalue weighted by Gasteiger charge is -2.44. The summed E-state index contributed by atoms with van der Waals surface area (Å²) in [6.07, 6.45) is 7.42. The van der Waals surface area contributed by atoms with Crippen LogP contribution in [0.4, 0.5) is 10.1 Å². The molecule has 56 heavy (non-hydrogen) atoms. The maximum atomic E-state index is 15.1. The van der Waals surface area contributed by atoms with E-state index in [4.69, 9.17) is 42.1 Å². The van der Waals surface area contributed by atoms with Gasteiger partial charge in [-0.3, -0.25) is 14.5 Å². The van der Waals surface area contributed by atoms with E-state index in [0.717, 1.165) is 32.4 Å². The molecule has 0 spiro atoms. The van der Waals surface area contributed by atoms with E-state index in [9.17, 15) is 14.4 Å². The third kappa shape index (κ3) is 9.93. The number of fused-ring (bicyclic) bond motifs is 3. The van der Waals surface area contributed by atoms with Crippen LogP contribution in [-0.2, 0) is 19.1 Å². The van der Waals surface area contributed by atoms with E-state index in [-0.39, 0.29) is 35.5 Å². The van der Waals surface area contributed by atoms with Gasteiger partial charge in [0.05, 0.1) is 14.2 Å². The summed E-state index contributed by atoms with van der Waals surface area (Å²) in [5.74, 6) is -1.15. The van der Waals surface area contributed by atoms with Crippen molar-refractivity contribution in [1.29, 1.82) is 0 Å². The number of hydrogen-bond donors (Lipinski definition) is 2. The number of piperidine rings is 3. The molecule has 13 heteroatoms. The molecule has 3 heterocycles. The lowest BCUT2D eigenvalue weighted by Crippen LogP contribution is -2.52. The fourth-order valence-electron chi connectivity index (χ4n) is 7.29. The van der Waals surface area contributed by atoms with Gasteiger partial charge in [-0.1, -0.05) is 72.6 Å². The zero-order chi connectivity index (χ0) is 39.8. The first-order valence-electron chi connectivity index (χ1n) is 18.7. The van der Waals surface area contributed by atoms with E-state index < -0.39 is 42.4 Å². The molecular formula is C43H46Cl2FN3O7. The lowest BCUT2D eigenvalue weighted by molar-refractivity contribution is -0.160. The predicted octanol–water partition coefficient (Wildman–Crippen LogP) is 8.25. The summed E-state index contributed by atoms with van der Waals surface area (Å²) in [4.78, 5) is 42.7. The van der Waals surface area contributed by atoms with Crippen molar-refractivity contribution in [2.24, 2.45) is 11.8 Å². The monoisotopic (exact) mass is 805 g/mol. The molecule has 3 aromatic carbocycles. The number of carbonyl (C=O) groups is 3. The van der Waals surface area contributed by atoms with Crippen LogP contribution < -0.4 is 20.1 Å². The van der Waals surface area contributed by atoms with Gasteiger partial charge in [-0.25, -0.2) is 9.18 Å². The fourth-order valence-corrected chi connectivity index (χ4v) is 7.93. The summed E-state index contributed by atoms with van der Waals surface area (Å²) >= 11 is 13.4. The average Bonchev–Trinajstić information content (AvgIpc) is 3.35. The molecule has 3 saturated heterocycles. The number of esters is 2. The van der Waals surface area contributed by atoms with Gasteiger partial charge in [0.15, 0.2) is 17.5 Å². The molecule has 1 amide bonds. The van der Waals surface area contributed by atoms with E-state index in [0.29, 0.717) is 44.9 Å². The van der Waals surface area contributed by atoms with Crippen LogP contribution in [0, 0.1) is 17.7 Å². The molecule has 2 bridgehead atoms. The van der Waals surface area contributed by atoms with Crippen molar-refractivity contribution >= 4 is 46.7 Å². The van der Waals surface area contributed by atoms with Crippen molar-refractivity contribution in [3.05, 3.63) is 123 Å². The Hall–Kier alpha value is -4.84. The van der Waals surface area contributed by atoms with Crippen LogP contribution in [0.1, 0.15) is 66.2 Å². The number of allylic oxidation sites excluding steroid dienone is 5. The number of carbonyl (C=O) groups excluding carboxylic acids is 3. The highest BCUT2D eigenvalue weighted by atomic mass is 35.5. The van der Waals surface area contributed by atoms with Gasteiger partial charge in [0, 0.05) is 39.8 Å². The Morgan fingerprint density at radius 1 is 0.964 bits per heavy atom. The SMILES string of the molecule is CCC1C=CC(Cl)=C(CC(OC(=O)CNC(=O)c2cccc(NC(C(=O)OC3CN4CCC3CC4)c3ccccc3F)c2)c2ccc(OC)c(OC)c2)C(Cl)=C1. The quantitative estimate of drug-likeness (QED) is 0.147. The average molecular weight is 807 g/mol. The van der Waals surface area contributed by atoms with E-state index in [2.05, 4.69) is 15.5 Å². The van der Waals surface area contributed by atoms with Gasteiger partial charge < -0.3 is 29.6 Å². The highest BCUT2D eigenvalue weighted by molar-refractivity contribution is 6.36. The molecule has 2 N–H and O–H groups in total. The van der Waals surface area contributed by atoms with Gasteiger partial charge in [-0.05, 0) is 97.8 Å². The van der Waals surface area contributed by atoms with Crippen molar-refractivity contribution in [2.75, 3.05) is 45.7 Å². The summed E-state index contributed by atoms with van der Waals surface area (Å²) in [7, 11) is 3.03. The molecule has 4 aliphatic rings. The minimum Gasteiger partial charge on any atom is -0.493 e. The third-order valence-corrected chi connectivity index (χ3v) is 11.2. The van der Waals surface area contributed by atoms with Crippen LogP contribution >= 0.6 is 23.2 Å². The Labute approximate surface area is 336 Å². The summed E-state index contributed by atoms with van der Waals surface area (Å²) in [6, 6.07) is 16.4. The van der Waals surface area contributed by atoms with Gasteiger partial charge in [-0.2, -0.15) is 0 Å². The van der Waals surface area contributed by atoms with Crippen molar-refractivity contribution in [1.82, 2.24) is 10.2 Å².